The van der Waals surface area contributed by atoms with E-state index in [-0.39, 0.29) is 17.7 Å². The van der Waals surface area contributed by atoms with Crippen molar-refractivity contribution in [1.29, 1.82) is 0 Å². The second kappa shape index (κ2) is 9.31. The largest absolute Gasteiger partial charge is 0.343 e. The van der Waals surface area contributed by atoms with Gasteiger partial charge in [-0.05, 0) is 50.3 Å². The molecule has 3 rings (SSSR count). The summed E-state index contributed by atoms with van der Waals surface area (Å²) in [5.41, 5.74) is 3.30. The van der Waals surface area contributed by atoms with E-state index in [1.165, 1.54) is 11.1 Å². The Balaban J connectivity index is 1.38. The molecule has 1 aliphatic rings. The van der Waals surface area contributed by atoms with E-state index in [2.05, 4.69) is 41.5 Å². The van der Waals surface area contributed by atoms with Gasteiger partial charge in [0.25, 0.3) is 0 Å². The number of aromatic nitrogens is 1. The number of piperidine rings is 1. The first kappa shape index (κ1) is 19.1. The van der Waals surface area contributed by atoms with Crippen LogP contribution in [0.25, 0.3) is 0 Å². The van der Waals surface area contributed by atoms with Crippen molar-refractivity contribution in [3.05, 3.63) is 59.9 Å². The van der Waals surface area contributed by atoms with Crippen molar-refractivity contribution in [1.82, 2.24) is 9.88 Å². The van der Waals surface area contributed by atoms with Gasteiger partial charge in [-0.25, -0.2) is 0 Å². The summed E-state index contributed by atoms with van der Waals surface area (Å²) < 4.78 is 0. The van der Waals surface area contributed by atoms with Crippen LogP contribution >= 0.6 is 0 Å². The summed E-state index contributed by atoms with van der Waals surface area (Å²) >= 11 is 0. The highest BCUT2D eigenvalue weighted by Gasteiger charge is 2.27. The van der Waals surface area contributed by atoms with Crippen molar-refractivity contribution >= 4 is 17.5 Å². The van der Waals surface area contributed by atoms with Crippen LogP contribution in [0, 0.1) is 12.8 Å². The van der Waals surface area contributed by atoms with Gasteiger partial charge >= 0.3 is 0 Å². The quantitative estimate of drug-likeness (QED) is 0.851. The van der Waals surface area contributed by atoms with E-state index in [0.717, 1.165) is 31.4 Å². The highest BCUT2D eigenvalue weighted by Crippen LogP contribution is 2.20. The number of aryl methyl sites for hydroxylation is 2. The SMILES string of the molecule is Cc1ccc(CCCC(=O)N2CCC(C(=O)Nc3ccncc3)CC2)cc1. The Hall–Kier alpha value is -2.69. The Morgan fingerprint density at radius 3 is 2.41 bits per heavy atom. The first-order chi connectivity index (χ1) is 13.1. The topological polar surface area (TPSA) is 62.3 Å². The number of carbonyl (C=O) groups is 2. The molecule has 1 saturated heterocycles. The molecule has 0 unspecified atom stereocenters. The summed E-state index contributed by atoms with van der Waals surface area (Å²) in [4.78, 5) is 30.6. The van der Waals surface area contributed by atoms with Crippen LogP contribution in [0.2, 0.25) is 0 Å². The van der Waals surface area contributed by atoms with Crippen molar-refractivity contribution < 1.29 is 9.59 Å². The highest BCUT2D eigenvalue weighted by atomic mass is 16.2. The molecule has 1 aliphatic heterocycles. The van der Waals surface area contributed by atoms with E-state index in [9.17, 15) is 9.59 Å². The standard InChI is InChI=1S/C22H27N3O2/c1-17-5-7-18(8-6-17)3-2-4-21(26)25-15-11-19(12-16-25)22(27)24-20-9-13-23-14-10-20/h5-10,13-14,19H,2-4,11-12,15-16H2,1H3,(H,23,24,27). The fraction of sp³-hybridized carbons (Fsp3) is 0.409. The summed E-state index contributed by atoms with van der Waals surface area (Å²) in [6, 6.07) is 12.0. The molecule has 0 radical (unpaired) electrons. The van der Waals surface area contributed by atoms with Gasteiger partial charge in [-0.1, -0.05) is 29.8 Å². The molecule has 1 N–H and O–H groups in total. The van der Waals surface area contributed by atoms with E-state index in [4.69, 9.17) is 0 Å². The lowest BCUT2D eigenvalue weighted by atomic mass is 9.95. The van der Waals surface area contributed by atoms with Crippen LogP contribution in [0.4, 0.5) is 5.69 Å². The molecule has 0 saturated carbocycles. The van der Waals surface area contributed by atoms with Gasteiger partial charge in [-0.3, -0.25) is 14.6 Å². The second-order valence-corrected chi connectivity index (χ2v) is 7.22. The lowest BCUT2D eigenvalue weighted by Gasteiger charge is -2.31. The van der Waals surface area contributed by atoms with Crippen LogP contribution in [-0.4, -0.2) is 34.8 Å². The summed E-state index contributed by atoms with van der Waals surface area (Å²) in [7, 11) is 0. The number of amides is 2. The number of nitrogens with zero attached hydrogens (tertiary/aromatic N) is 2. The molecule has 1 aromatic heterocycles. The first-order valence-electron chi connectivity index (χ1n) is 9.66. The number of pyridine rings is 1. The molecule has 142 valence electrons. The molecule has 2 amide bonds. The molecule has 5 nitrogen and oxygen atoms in total. The van der Waals surface area contributed by atoms with E-state index < -0.39 is 0 Å². The normalized spacial score (nSPS) is 14.8. The van der Waals surface area contributed by atoms with Gasteiger partial charge in [-0.15, -0.1) is 0 Å². The van der Waals surface area contributed by atoms with Gasteiger partial charge in [-0.2, -0.15) is 0 Å². The zero-order valence-corrected chi connectivity index (χ0v) is 15.9. The van der Waals surface area contributed by atoms with Gasteiger partial charge in [0.2, 0.25) is 11.8 Å². The fourth-order valence-corrected chi connectivity index (χ4v) is 3.43. The minimum atomic E-state index is -0.0326. The summed E-state index contributed by atoms with van der Waals surface area (Å²) in [5.74, 6) is 0.206. The van der Waals surface area contributed by atoms with Crippen LogP contribution < -0.4 is 5.32 Å². The van der Waals surface area contributed by atoms with Crippen molar-refractivity contribution in [2.75, 3.05) is 18.4 Å². The van der Waals surface area contributed by atoms with Crippen molar-refractivity contribution in [3.63, 3.8) is 0 Å². The summed E-state index contributed by atoms with van der Waals surface area (Å²) in [5, 5.41) is 2.93. The van der Waals surface area contributed by atoms with Gasteiger partial charge < -0.3 is 10.2 Å². The van der Waals surface area contributed by atoms with Gasteiger partial charge in [0.15, 0.2) is 0 Å². The third kappa shape index (κ3) is 5.64. The Labute approximate surface area is 160 Å². The molecule has 27 heavy (non-hydrogen) atoms. The van der Waals surface area contributed by atoms with Crippen molar-refractivity contribution in [3.8, 4) is 0 Å². The molecule has 0 aliphatic carbocycles. The molecule has 5 heteroatoms. The van der Waals surface area contributed by atoms with E-state index in [0.29, 0.717) is 19.5 Å². The maximum absolute atomic E-state index is 12.4. The number of nitrogens with one attached hydrogen (secondary N) is 1. The fourth-order valence-electron chi connectivity index (χ4n) is 3.43. The molecule has 1 fully saturated rings. The Bertz CT molecular complexity index is 751. The molecule has 2 heterocycles. The summed E-state index contributed by atoms with van der Waals surface area (Å²) in [6.07, 6.45) is 7.13. The molecule has 0 spiro atoms. The van der Waals surface area contributed by atoms with Crippen LogP contribution in [0.15, 0.2) is 48.8 Å². The van der Waals surface area contributed by atoms with Crippen molar-refractivity contribution in [2.24, 2.45) is 5.92 Å². The second-order valence-electron chi connectivity index (χ2n) is 7.22. The predicted molar refractivity (Wildman–Crippen MR) is 106 cm³/mol. The Morgan fingerprint density at radius 2 is 1.74 bits per heavy atom. The first-order valence-corrected chi connectivity index (χ1v) is 9.66. The number of rotatable bonds is 6. The maximum Gasteiger partial charge on any atom is 0.227 e. The lowest BCUT2D eigenvalue weighted by molar-refractivity contribution is -0.134. The lowest BCUT2D eigenvalue weighted by Crippen LogP contribution is -2.41. The van der Waals surface area contributed by atoms with Crippen LogP contribution in [0.3, 0.4) is 0 Å². The average molecular weight is 365 g/mol. The maximum atomic E-state index is 12.4. The smallest absolute Gasteiger partial charge is 0.227 e. The Kier molecular flexibility index (Phi) is 6.58. The number of anilines is 1. The predicted octanol–water partition coefficient (Wildman–Crippen LogP) is 3.59. The summed E-state index contributed by atoms with van der Waals surface area (Å²) in [6.45, 7) is 3.41. The molecule has 1 aromatic carbocycles. The van der Waals surface area contributed by atoms with Crippen LogP contribution in [0.5, 0.6) is 0 Å². The Morgan fingerprint density at radius 1 is 1.07 bits per heavy atom. The third-order valence-electron chi connectivity index (χ3n) is 5.14. The van der Waals surface area contributed by atoms with Crippen molar-refractivity contribution in [2.45, 2.75) is 39.0 Å². The zero-order chi connectivity index (χ0) is 19.1. The molecular weight excluding hydrogens is 338 g/mol. The van der Waals surface area contributed by atoms with Crippen LogP contribution in [-0.2, 0) is 16.0 Å². The number of likely N-dealkylation sites (tertiary alicyclic amines) is 1. The monoisotopic (exact) mass is 365 g/mol. The minimum Gasteiger partial charge on any atom is -0.343 e. The van der Waals surface area contributed by atoms with Gasteiger partial charge in [0.05, 0.1) is 0 Å². The number of hydrogen-bond donors (Lipinski definition) is 1. The molecular formula is C22H27N3O2. The molecule has 0 bridgehead atoms. The van der Waals surface area contributed by atoms with E-state index in [1.54, 1.807) is 24.5 Å². The van der Waals surface area contributed by atoms with Gasteiger partial charge in [0.1, 0.15) is 0 Å². The highest BCUT2D eigenvalue weighted by molar-refractivity contribution is 5.92. The number of hydrogen-bond acceptors (Lipinski definition) is 3. The van der Waals surface area contributed by atoms with E-state index >= 15 is 0 Å². The average Bonchev–Trinajstić information content (AvgIpc) is 2.70. The van der Waals surface area contributed by atoms with Crippen LogP contribution in [0.1, 0.15) is 36.8 Å². The third-order valence-corrected chi connectivity index (χ3v) is 5.14. The number of benzene rings is 1. The number of carbonyl (C=O) groups excluding carboxylic acids is 2. The van der Waals surface area contributed by atoms with Gasteiger partial charge in [0, 0.05) is 43.5 Å². The van der Waals surface area contributed by atoms with E-state index in [1.807, 2.05) is 4.90 Å². The molecule has 0 atom stereocenters. The molecule has 2 aromatic rings. The zero-order valence-electron chi connectivity index (χ0n) is 15.9. The minimum absolute atomic E-state index is 0.0326.